The lowest BCUT2D eigenvalue weighted by atomic mass is 10.3. The number of nitrogens with zero attached hydrogens (tertiary/aromatic N) is 1. The maximum absolute atomic E-state index is 11.2. The number of aryl methyl sites for hydroxylation is 1. The van der Waals surface area contributed by atoms with Crippen molar-refractivity contribution in [3.63, 3.8) is 0 Å². The monoisotopic (exact) mass is 185 g/mol. The number of pyridine rings is 1. The predicted molar refractivity (Wildman–Crippen MR) is 46.7 cm³/mol. The van der Waals surface area contributed by atoms with Crippen LogP contribution in [0.25, 0.3) is 0 Å². The Morgan fingerprint density at radius 2 is 2.17 bits per heavy atom. The molecule has 0 aliphatic heterocycles. The summed E-state index contributed by atoms with van der Waals surface area (Å²) < 4.78 is 22.3. The molecule has 1 heterocycles. The summed E-state index contributed by atoms with van der Waals surface area (Å²) in [6.45, 7) is 1.89. The van der Waals surface area contributed by atoms with Crippen LogP contribution in [0, 0.1) is 0 Å². The molecule has 1 aromatic rings. The quantitative estimate of drug-likeness (QED) is 0.691. The van der Waals surface area contributed by atoms with Crippen LogP contribution in [0.3, 0.4) is 0 Å². The standard InChI is InChI=1S/C8H11NO2S/c1-3-7-8(12(2,10)11)5-4-6-9-7/h4-6H,3H2,1-2H3. The first-order valence-electron chi connectivity index (χ1n) is 3.69. The molecule has 0 bridgehead atoms. The number of hydrogen-bond acceptors (Lipinski definition) is 3. The molecule has 66 valence electrons. The Labute approximate surface area is 72.4 Å². The number of aromatic nitrogens is 1. The van der Waals surface area contributed by atoms with Gasteiger partial charge in [0.05, 0.1) is 10.6 Å². The lowest BCUT2D eigenvalue weighted by Gasteiger charge is -2.02. The van der Waals surface area contributed by atoms with Crippen molar-refractivity contribution in [2.24, 2.45) is 0 Å². The van der Waals surface area contributed by atoms with Gasteiger partial charge < -0.3 is 0 Å². The Morgan fingerprint density at radius 3 is 2.58 bits per heavy atom. The molecular formula is C8H11NO2S. The molecule has 0 N–H and O–H groups in total. The maximum atomic E-state index is 11.2. The molecule has 4 heteroatoms. The first-order chi connectivity index (χ1) is 5.55. The van der Waals surface area contributed by atoms with Gasteiger partial charge in [0, 0.05) is 12.5 Å². The molecule has 0 aliphatic carbocycles. The molecule has 1 rings (SSSR count). The van der Waals surface area contributed by atoms with Gasteiger partial charge in [-0.1, -0.05) is 6.92 Å². The van der Waals surface area contributed by atoms with Gasteiger partial charge in [0.2, 0.25) is 0 Å². The van der Waals surface area contributed by atoms with Crippen LogP contribution in [0.2, 0.25) is 0 Å². The van der Waals surface area contributed by atoms with Crippen molar-refractivity contribution < 1.29 is 8.42 Å². The highest BCUT2D eigenvalue weighted by molar-refractivity contribution is 7.90. The van der Waals surface area contributed by atoms with Gasteiger partial charge in [-0.3, -0.25) is 4.98 Å². The van der Waals surface area contributed by atoms with Gasteiger partial charge in [-0.2, -0.15) is 0 Å². The highest BCUT2D eigenvalue weighted by Crippen LogP contribution is 2.12. The second kappa shape index (κ2) is 3.23. The Bertz CT molecular complexity index is 370. The van der Waals surface area contributed by atoms with E-state index in [-0.39, 0.29) is 0 Å². The minimum atomic E-state index is -3.11. The molecule has 0 spiro atoms. The van der Waals surface area contributed by atoms with Crippen LogP contribution in [0.4, 0.5) is 0 Å². The average Bonchev–Trinajstić information content (AvgIpc) is 2.03. The zero-order chi connectivity index (χ0) is 9.19. The minimum absolute atomic E-state index is 0.340. The molecule has 0 radical (unpaired) electrons. The molecular weight excluding hydrogens is 174 g/mol. The van der Waals surface area contributed by atoms with E-state index in [0.717, 1.165) is 0 Å². The fourth-order valence-corrected chi connectivity index (χ4v) is 1.98. The van der Waals surface area contributed by atoms with Crippen LogP contribution in [-0.2, 0) is 16.3 Å². The lowest BCUT2D eigenvalue weighted by Crippen LogP contribution is -2.03. The highest BCUT2D eigenvalue weighted by Gasteiger charge is 2.11. The first-order valence-corrected chi connectivity index (χ1v) is 5.58. The summed E-state index contributed by atoms with van der Waals surface area (Å²) in [6.07, 6.45) is 3.44. The number of rotatable bonds is 2. The summed E-state index contributed by atoms with van der Waals surface area (Å²) in [7, 11) is -3.11. The van der Waals surface area contributed by atoms with E-state index in [1.54, 1.807) is 18.3 Å². The van der Waals surface area contributed by atoms with E-state index >= 15 is 0 Å². The molecule has 0 saturated heterocycles. The lowest BCUT2D eigenvalue weighted by molar-refractivity contribution is 0.600. The van der Waals surface area contributed by atoms with E-state index in [1.807, 2.05) is 6.92 Å². The van der Waals surface area contributed by atoms with Crippen molar-refractivity contribution in [1.82, 2.24) is 4.98 Å². The zero-order valence-electron chi connectivity index (χ0n) is 7.11. The van der Waals surface area contributed by atoms with Gasteiger partial charge in [-0.15, -0.1) is 0 Å². The van der Waals surface area contributed by atoms with Crippen LogP contribution in [0.15, 0.2) is 23.2 Å². The van der Waals surface area contributed by atoms with Crippen molar-refractivity contribution in [2.75, 3.05) is 6.26 Å². The highest BCUT2D eigenvalue weighted by atomic mass is 32.2. The van der Waals surface area contributed by atoms with Crippen LogP contribution < -0.4 is 0 Å². The largest absolute Gasteiger partial charge is 0.260 e. The third-order valence-electron chi connectivity index (χ3n) is 1.58. The molecule has 1 aromatic heterocycles. The summed E-state index contributed by atoms with van der Waals surface area (Å²) >= 11 is 0. The summed E-state index contributed by atoms with van der Waals surface area (Å²) in [5, 5.41) is 0. The van der Waals surface area contributed by atoms with E-state index in [0.29, 0.717) is 17.0 Å². The van der Waals surface area contributed by atoms with Gasteiger partial charge in [0.15, 0.2) is 9.84 Å². The van der Waals surface area contributed by atoms with Gasteiger partial charge in [-0.05, 0) is 18.6 Å². The van der Waals surface area contributed by atoms with Gasteiger partial charge in [0.1, 0.15) is 0 Å². The van der Waals surface area contributed by atoms with Crippen molar-refractivity contribution in [1.29, 1.82) is 0 Å². The molecule has 0 fully saturated rings. The fraction of sp³-hybridized carbons (Fsp3) is 0.375. The van der Waals surface area contributed by atoms with E-state index < -0.39 is 9.84 Å². The van der Waals surface area contributed by atoms with Gasteiger partial charge in [0.25, 0.3) is 0 Å². The summed E-state index contributed by atoms with van der Waals surface area (Å²) in [5.74, 6) is 0. The normalized spacial score (nSPS) is 11.5. The molecule has 0 saturated carbocycles. The molecule has 0 aliphatic rings. The smallest absolute Gasteiger partial charge is 0.177 e. The Kier molecular flexibility index (Phi) is 2.47. The fourth-order valence-electron chi connectivity index (χ4n) is 1.03. The number of hydrogen-bond donors (Lipinski definition) is 0. The maximum Gasteiger partial charge on any atom is 0.177 e. The zero-order valence-corrected chi connectivity index (χ0v) is 7.93. The van der Waals surface area contributed by atoms with Gasteiger partial charge in [-0.25, -0.2) is 8.42 Å². The van der Waals surface area contributed by atoms with E-state index in [9.17, 15) is 8.42 Å². The molecule has 0 atom stereocenters. The van der Waals surface area contributed by atoms with Crippen LogP contribution in [0.1, 0.15) is 12.6 Å². The van der Waals surface area contributed by atoms with Crippen LogP contribution in [0.5, 0.6) is 0 Å². The van der Waals surface area contributed by atoms with Crippen LogP contribution >= 0.6 is 0 Å². The SMILES string of the molecule is CCc1ncccc1S(C)(=O)=O. The van der Waals surface area contributed by atoms with Crippen LogP contribution in [-0.4, -0.2) is 19.7 Å². The second-order valence-corrected chi connectivity index (χ2v) is 4.56. The van der Waals surface area contributed by atoms with Gasteiger partial charge >= 0.3 is 0 Å². The van der Waals surface area contributed by atoms with E-state index in [4.69, 9.17) is 0 Å². The topological polar surface area (TPSA) is 47.0 Å². The average molecular weight is 185 g/mol. The Hall–Kier alpha value is -0.900. The predicted octanol–water partition coefficient (Wildman–Crippen LogP) is 1.05. The third kappa shape index (κ3) is 1.82. The Morgan fingerprint density at radius 1 is 1.50 bits per heavy atom. The van der Waals surface area contributed by atoms with E-state index in [2.05, 4.69) is 4.98 Å². The first kappa shape index (κ1) is 9.19. The van der Waals surface area contributed by atoms with Crippen molar-refractivity contribution in [3.8, 4) is 0 Å². The summed E-state index contributed by atoms with van der Waals surface area (Å²) in [5.41, 5.74) is 0.639. The summed E-state index contributed by atoms with van der Waals surface area (Å²) in [6, 6.07) is 3.22. The molecule has 0 amide bonds. The van der Waals surface area contributed by atoms with E-state index in [1.165, 1.54) is 6.26 Å². The molecule has 0 aromatic carbocycles. The Balaban J connectivity index is 3.33. The molecule has 0 unspecified atom stereocenters. The third-order valence-corrected chi connectivity index (χ3v) is 2.75. The second-order valence-electron chi connectivity index (χ2n) is 2.57. The molecule has 3 nitrogen and oxygen atoms in total. The van der Waals surface area contributed by atoms with Crippen molar-refractivity contribution in [3.05, 3.63) is 24.0 Å². The van der Waals surface area contributed by atoms with Crippen molar-refractivity contribution in [2.45, 2.75) is 18.2 Å². The van der Waals surface area contributed by atoms with Crippen molar-refractivity contribution >= 4 is 9.84 Å². The minimum Gasteiger partial charge on any atom is -0.260 e. The summed E-state index contributed by atoms with van der Waals surface area (Å²) in [4.78, 5) is 4.32. The number of sulfone groups is 1. The molecule has 12 heavy (non-hydrogen) atoms.